The van der Waals surface area contributed by atoms with E-state index < -0.39 is 0 Å². The van der Waals surface area contributed by atoms with E-state index in [0.717, 1.165) is 31.0 Å². The van der Waals surface area contributed by atoms with Crippen molar-refractivity contribution in [3.05, 3.63) is 51.9 Å². The van der Waals surface area contributed by atoms with E-state index in [1.54, 1.807) is 0 Å². The topological polar surface area (TPSA) is 50.2 Å². The van der Waals surface area contributed by atoms with Crippen LogP contribution in [-0.2, 0) is 6.54 Å². The standard InChI is InChI=1S/C19H22N4OS2/c24-18(17-16(7-12-25-17)23-10-5-6-11-23)21-19-20-15(14-26-19)13-22-8-3-1-2-4-9-22/h5-7,10-12,14H,1-4,8-9,13H2,(H,20,21,24). The summed E-state index contributed by atoms with van der Waals surface area (Å²) in [7, 11) is 0. The number of hydrogen-bond acceptors (Lipinski definition) is 5. The lowest BCUT2D eigenvalue weighted by molar-refractivity contribution is 0.103. The van der Waals surface area contributed by atoms with Crippen molar-refractivity contribution in [1.29, 1.82) is 0 Å². The number of thiazole rings is 1. The Balaban J connectivity index is 1.41. The first-order chi connectivity index (χ1) is 12.8. The van der Waals surface area contributed by atoms with E-state index in [1.807, 2.05) is 40.5 Å². The van der Waals surface area contributed by atoms with Crippen LogP contribution < -0.4 is 5.32 Å². The molecule has 0 aliphatic carbocycles. The van der Waals surface area contributed by atoms with Crippen LogP contribution in [0.1, 0.15) is 41.0 Å². The number of amides is 1. The highest BCUT2D eigenvalue weighted by Crippen LogP contribution is 2.24. The molecule has 0 bridgehead atoms. The monoisotopic (exact) mass is 386 g/mol. The van der Waals surface area contributed by atoms with Crippen LogP contribution >= 0.6 is 22.7 Å². The summed E-state index contributed by atoms with van der Waals surface area (Å²) in [6, 6.07) is 5.87. The largest absolute Gasteiger partial charge is 0.322 e. The fourth-order valence-corrected chi connectivity index (χ4v) is 4.77. The van der Waals surface area contributed by atoms with Crippen LogP contribution in [-0.4, -0.2) is 33.4 Å². The van der Waals surface area contributed by atoms with Gasteiger partial charge in [0.25, 0.3) is 5.91 Å². The fourth-order valence-electron chi connectivity index (χ4n) is 3.29. The second-order valence-corrected chi connectivity index (χ2v) is 8.29. The number of nitrogens with one attached hydrogen (secondary N) is 1. The van der Waals surface area contributed by atoms with E-state index in [2.05, 4.69) is 20.6 Å². The number of thiophene rings is 1. The second kappa shape index (κ2) is 8.16. The molecule has 1 aliphatic heterocycles. The second-order valence-electron chi connectivity index (χ2n) is 6.51. The molecule has 5 nitrogen and oxygen atoms in total. The van der Waals surface area contributed by atoms with Crippen LogP contribution in [0.4, 0.5) is 5.13 Å². The highest BCUT2D eigenvalue weighted by Gasteiger charge is 2.17. The summed E-state index contributed by atoms with van der Waals surface area (Å²) in [6.45, 7) is 3.17. The third-order valence-electron chi connectivity index (χ3n) is 4.59. The molecule has 0 aromatic carbocycles. The van der Waals surface area contributed by atoms with Gasteiger partial charge in [0.05, 0.1) is 11.4 Å². The maximum absolute atomic E-state index is 12.7. The molecule has 1 saturated heterocycles. The molecule has 26 heavy (non-hydrogen) atoms. The predicted molar refractivity (Wildman–Crippen MR) is 107 cm³/mol. The minimum atomic E-state index is -0.0978. The maximum Gasteiger partial charge on any atom is 0.269 e. The van der Waals surface area contributed by atoms with Gasteiger partial charge in [0.2, 0.25) is 0 Å². The van der Waals surface area contributed by atoms with Crippen molar-refractivity contribution < 1.29 is 4.79 Å². The van der Waals surface area contributed by atoms with Crippen LogP contribution in [0.25, 0.3) is 5.69 Å². The zero-order valence-corrected chi connectivity index (χ0v) is 16.2. The normalized spacial score (nSPS) is 15.7. The molecular formula is C19H22N4OS2. The van der Waals surface area contributed by atoms with Gasteiger partial charge in [-0.25, -0.2) is 4.98 Å². The van der Waals surface area contributed by atoms with Crippen molar-refractivity contribution in [1.82, 2.24) is 14.5 Å². The molecule has 4 heterocycles. The zero-order valence-electron chi connectivity index (χ0n) is 14.6. The van der Waals surface area contributed by atoms with Gasteiger partial charge >= 0.3 is 0 Å². The lowest BCUT2D eigenvalue weighted by Crippen LogP contribution is -2.24. The van der Waals surface area contributed by atoms with E-state index in [-0.39, 0.29) is 5.91 Å². The minimum absolute atomic E-state index is 0.0978. The molecule has 1 aliphatic rings. The van der Waals surface area contributed by atoms with Gasteiger partial charge in [-0.3, -0.25) is 15.0 Å². The van der Waals surface area contributed by atoms with E-state index in [4.69, 9.17) is 0 Å². The minimum Gasteiger partial charge on any atom is -0.322 e. The number of likely N-dealkylation sites (tertiary alicyclic amines) is 1. The third kappa shape index (κ3) is 4.06. The van der Waals surface area contributed by atoms with Gasteiger partial charge in [-0.05, 0) is 49.5 Å². The van der Waals surface area contributed by atoms with Gasteiger partial charge < -0.3 is 4.57 Å². The van der Waals surface area contributed by atoms with Crippen LogP contribution in [0, 0.1) is 0 Å². The van der Waals surface area contributed by atoms with Crippen molar-refractivity contribution in [3.8, 4) is 5.69 Å². The summed E-state index contributed by atoms with van der Waals surface area (Å²) in [4.78, 5) is 20.5. The van der Waals surface area contributed by atoms with E-state index in [1.165, 1.54) is 48.4 Å². The van der Waals surface area contributed by atoms with Crippen LogP contribution in [0.5, 0.6) is 0 Å². The number of aromatic nitrogens is 2. The van der Waals surface area contributed by atoms with Crippen molar-refractivity contribution in [3.63, 3.8) is 0 Å². The molecule has 0 radical (unpaired) electrons. The molecule has 3 aromatic rings. The highest BCUT2D eigenvalue weighted by molar-refractivity contribution is 7.14. The Kier molecular flexibility index (Phi) is 5.48. The lowest BCUT2D eigenvalue weighted by atomic mass is 10.2. The number of nitrogens with zero attached hydrogens (tertiary/aromatic N) is 3. The third-order valence-corrected chi connectivity index (χ3v) is 6.30. The smallest absolute Gasteiger partial charge is 0.269 e. The SMILES string of the molecule is O=C(Nc1nc(CN2CCCCCC2)cs1)c1sccc1-n1cccc1. The molecule has 0 unspecified atom stereocenters. The van der Waals surface area contributed by atoms with Crippen molar-refractivity contribution in [2.75, 3.05) is 18.4 Å². The van der Waals surface area contributed by atoms with Crippen molar-refractivity contribution >= 4 is 33.7 Å². The molecule has 0 spiro atoms. The molecule has 4 rings (SSSR count). The fraction of sp³-hybridized carbons (Fsp3) is 0.368. The molecule has 0 atom stereocenters. The molecule has 1 amide bonds. The van der Waals surface area contributed by atoms with Gasteiger partial charge in [-0.2, -0.15) is 0 Å². The van der Waals surface area contributed by atoms with Gasteiger partial charge in [0.1, 0.15) is 4.88 Å². The van der Waals surface area contributed by atoms with Crippen LogP contribution in [0.2, 0.25) is 0 Å². The van der Waals surface area contributed by atoms with Gasteiger partial charge in [0, 0.05) is 24.3 Å². The van der Waals surface area contributed by atoms with Gasteiger partial charge in [-0.15, -0.1) is 22.7 Å². The predicted octanol–water partition coefficient (Wildman–Crippen LogP) is 4.62. The molecular weight excluding hydrogens is 364 g/mol. The Morgan fingerprint density at radius 3 is 2.65 bits per heavy atom. The summed E-state index contributed by atoms with van der Waals surface area (Å²) >= 11 is 2.95. The first-order valence-corrected chi connectivity index (χ1v) is 10.7. The number of anilines is 1. The lowest BCUT2D eigenvalue weighted by Gasteiger charge is -2.17. The maximum atomic E-state index is 12.7. The molecule has 136 valence electrons. The first kappa shape index (κ1) is 17.5. The summed E-state index contributed by atoms with van der Waals surface area (Å²) in [5.41, 5.74) is 1.95. The number of carbonyl (C=O) groups excluding carboxylic acids is 1. The Labute approximate surface area is 161 Å². The highest BCUT2D eigenvalue weighted by atomic mass is 32.1. The first-order valence-electron chi connectivity index (χ1n) is 8.98. The Bertz CT molecular complexity index is 845. The Morgan fingerprint density at radius 2 is 1.88 bits per heavy atom. The van der Waals surface area contributed by atoms with Gasteiger partial charge in [-0.1, -0.05) is 12.8 Å². The number of rotatable bonds is 5. The quantitative estimate of drug-likeness (QED) is 0.696. The van der Waals surface area contributed by atoms with Crippen molar-refractivity contribution in [2.24, 2.45) is 0 Å². The summed E-state index contributed by atoms with van der Waals surface area (Å²) in [5, 5.41) is 7.64. The number of carbonyl (C=O) groups is 1. The molecule has 7 heteroatoms. The molecule has 1 N–H and O–H groups in total. The average molecular weight is 387 g/mol. The van der Waals surface area contributed by atoms with E-state index in [0.29, 0.717) is 10.0 Å². The number of hydrogen-bond donors (Lipinski definition) is 1. The Hall–Kier alpha value is -1.96. The molecule has 0 saturated carbocycles. The van der Waals surface area contributed by atoms with E-state index in [9.17, 15) is 4.79 Å². The molecule has 1 fully saturated rings. The van der Waals surface area contributed by atoms with E-state index >= 15 is 0 Å². The van der Waals surface area contributed by atoms with Crippen LogP contribution in [0.15, 0.2) is 41.4 Å². The van der Waals surface area contributed by atoms with Gasteiger partial charge in [0.15, 0.2) is 5.13 Å². The summed E-state index contributed by atoms with van der Waals surface area (Å²) in [5.74, 6) is -0.0978. The molecule has 3 aromatic heterocycles. The zero-order chi connectivity index (χ0) is 17.8. The Morgan fingerprint density at radius 1 is 1.12 bits per heavy atom. The summed E-state index contributed by atoms with van der Waals surface area (Å²) < 4.78 is 1.96. The van der Waals surface area contributed by atoms with Crippen LogP contribution in [0.3, 0.4) is 0 Å². The van der Waals surface area contributed by atoms with Crippen molar-refractivity contribution in [2.45, 2.75) is 32.2 Å². The summed E-state index contributed by atoms with van der Waals surface area (Å²) in [6.07, 6.45) is 9.10. The average Bonchev–Trinajstić information content (AvgIpc) is 3.35.